The molecule has 0 aliphatic carbocycles. The molecule has 1 aromatic rings. The molecule has 94 valence electrons. The molecule has 0 radical (unpaired) electrons. The van der Waals surface area contributed by atoms with Gasteiger partial charge in [0.25, 0.3) is 0 Å². The van der Waals surface area contributed by atoms with Crippen LogP contribution in [0.4, 0.5) is 5.69 Å². The Morgan fingerprint density at radius 2 is 2.29 bits per heavy atom. The highest BCUT2D eigenvalue weighted by Crippen LogP contribution is 2.25. The number of ether oxygens (including phenoxy) is 1. The van der Waals surface area contributed by atoms with E-state index in [0.29, 0.717) is 12.6 Å². The Morgan fingerprint density at radius 3 is 2.94 bits per heavy atom. The Bertz CT molecular complexity index is 372. The van der Waals surface area contributed by atoms with Gasteiger partial charge >= 0.3 is 0 Å². The second-order valence-electron chi connectivity index (χ2n) is 4.80. The Labute approximate surface area is 104 Å². The lowest BCUT2D eigenvalue weighted by Crippen LogP contribution is -2.30. The summed E-state index contributed by atoms with van der Waals surface area (Å²) in [5.41, 5.74) is 9.58. The fourth-order valence-corrected chi connectivity index (χ4v) is 2.62. The zero-order valence-corrected chi connectivity index (χ0v) is 10.8. The molecule has 0 amide bonds. The van der Waals surface area contributed by atoms with E-state index in [1.54, 1.807) is 0 Å². The summed E-state index contributed by atoms with van der Waals surface area (Å²) >= 11 is 0. The Balaban J connectivity index is 2.14. The SMILES string of the molecule is Cc1cccc(CN)c1N(C)CC1CCCO1. The van der Waals surface area contributed by atoms with Crippen molar-refractivity contribution in [1.29, 1.82) is 0 Å². The number of nitrogens with zero attached hydrogens (tertiary/aromatic N) is 1. The Morgan fingerprint density at radius 1 is 1.47 bits per heavy atom. The molecule has 1 saturated heterocycles. The van der Waals surface area contributed by atoms with Gasteiger partial charge in [-0.2, -0.15) is 0 Å². The monoisotopic (exact) mass is 234 g/mol. The average molecular weight is 234 g/mol. The van der Waals surface area contributed by atoms with Crippen LogP contribution in [-0.2, 0) is 11.3 Å². The van der Waals surface area contributed by atoms with E-state index in [-0.39, 0.29) is 0 Å². The molecule has 17 heavy (non-hydrogen) atoms. The van der Waals surface area contributed by atoms with Crippen molar-refractivity contribution in [2.75, 3.05) is 25.1 Å². The zero-order valence-electron chi connectivity index (χ0n) is 10.8. The van der Waals surface area contributed by atoms with Crippen LogP contribution >= 0.6 is 0 Å². The molecular formula is C14H22N2O. The van der Waals surface area contributed by atoms with Gasteiger partial charge < -0.3 is 15.4 Å². The lowest BCUT2D eigenvalue weighted by atomic mass is 10.1. The maximum atomic E-state index is 5.81. The second kappa shape index (κ2) is 5.52. The average Bonchev–Trinajstić information content (AvgIpc) is 2.81. The third kappa shape index (κ3) is 2.79. The largest absolute Gasteiger partial charge is 0.376 e. The number of likely N-dealkylation sites (N-methyl/N-ethyl adjacent to an activating group) is 1. The van der Waals surface area contributed by atoms with Crippen LogP contribution in [0.5, 0.6) is 0 Å². The molecule has 1 aromatic carbocycles. The molecule has 1 aliphatic heterocycles. The van der Waals surface area contributed by atoms with Gasteiger partial charge in [0, 0.05) is 32.4 Å². The molecular weight excluding hydrogens is 212 g/mol. The highest BCUT2D eigenvalue weighted by Gasteiger charge is 2.19. The Hall–Kier alpha value is -1.06. The molecule has 3 heteroatoms. The van der Waals surface area contributed by atoms with Crippen LogP contribution in [0, 0.1) is 6.92 Å². The summed E-state index contributed by atoms with van der Waals surface area (Å²) in [6.45, 7) is 4.60. The number of nitrogens with two attached hydrogens (primary N) is 1. The van der Waals surface area contributed by atoms with E-state index in [1.807, 2.05) is 0 Å². The van der Waals surface area contributed by atoms with Crippen LogP contribution in [0.2, 0.25) is 0 Å². The number of benzene rings is 1. The van der Waals surface area contributed by atoms with Gasteiger partial charge in [-0.1, -0.05) is 18.2 Å². The molecule has 1 atom stereocenters. The number of anilines is 1. The molecule has 1 aliphatic rings. The minimum absolute atomic E-state index is 0.380. The lowest BCUT2D eigenvalue weighted by Gasteiger charge is -2.26. The number of hydrogen-bond acceptors (Lipinski definition) is 3. The molecule has 1 fully saturated rings. The van der Waals surface area contributed by atoms with Gasteiger partial charge in [-0.05, 0) is 30.9 Å². The van der Waals surface area contributed by atoms with E-state index in [2.05, 4.69) is 37.1 Å². The molecule has 1 heterocycles. The summed E-state index contributed by atoms with van der Waals surface area (Å²) in [4.78, 5) is 2.29. The van der Waals surface area contributed by atoms with Crippen molar-refractivity contribution in [1.82, 2.24) is 0 Å². The van der Waals surface area contributed by atoms with Gasteiger partial charge in [-0.15, -0.1) is 0 Å². The van der Waals surface area contributed by atoms with Crippen LogP contribution in [-0.4, -0.2) is 26.3 Å². The van der Waals surface area contributed by atoms with E-state index in [1.165, 1.54) is 29.7 Å². The van der Waals surface area contributed by atoms with Crippen molar-refractivity contribution in [2.45, 2.75) is 32.4 Å². The van der Waals surface area contributed by atoms with Gasteiger partial charge in [-0.3, -0.25) is 0 Å². The normalized spacial score (nSPS) is 19.6. The maximum Gasteiger partial charge on any atom is 0.0750 e. The predicted octanol–water partition coefficient (Wildman–Crippen LogP) is 2.07. The first-order chi connectivity index (χ1) is 8.22. The molecule has 0 bridgehead atoms. The van der Waals surface area contributed by atoms with E-state index in [0.717, 1.165) is 13.2 Å². The highest BCUT2D eigenvalue weighted by molar-refractivity contribution is 5.59. The van der Waals surface area contributed by atoms with Gasteiger partial charge in [-0.25, -0.2) is 0 Å². The summed E-state index contributed by atoms with van der Waals surface area (Å²) < 4.78 is 5.69. The summed E-state index contributed by atoms with van der Waals surface area (Å²) in [5, 5.41) is 0. The van der Waals surface area contributed by atoms with Crippen LogP contribution in [0.1, 0.15) is 24.0 Å². The third-order valence-electron chi connectivity index (χ3n) is 3.42. The fraction of sp³-hybridized carbons (Fsp3) is 0.571. The van der Waals surface area contributed by atoms with Crippen molar-refractivity contribution in [3.8, 4) is 0 Å². The van der Waals surface area contributed by atoms with Crippen molar-refractivity contribution in [3.63, 3.8) is 0 Å². The third-order valence-corrected chi connectivity index (χ3v) is 3.42. The van der Waals surface area contributed by atoms with E-state index >= 15 is 0 Å². The van der Waals surface area contributed by atoms with Gasteiger partial charge in [0.05, 0.1) is 6.10 Å². The smallest absolute Gasteiger partial charge is 0.0750 e. The summed E-state index contributed by atoms with van der Waals surface area (Å²) in [5.74, 6) is 0. The fourth-order valence-electron chi connectivity index (χ4n) is 2.62. The molecule has 0 spiro atoms. The van der Waals surface area contributed by atoms with E-state index in [4.69, 9.17) is 10.5 Å². The predicted molar refractivity (Wildman–Crippen MR) is 71.3 cm³/mol. The first kappa shape index (κ1) is 12.4. The first-order valence-electron chi connectivity index (χ1n) is 6.33. The lowest BCUT2D eigenvalue weighted by molar-refractivity contribution is 0.116. The summed E-state index contributed by atoms with van der Waals surface area (Å²) in [7, 11) is 2.13. The molecule has 0 saturated carbocycles. The van der Waals surface area contributed by atoms with Crippen LogP contribution < -0.4 is 10.6 Å². The zero-order chi connectivity index (χ0) is 12.3. The van der Waals surface area contributed by atoms with Crippen molar-refractivity contribution < 1.29 is 4.74 Å². The van der Waals surface area contributed by atoms with Crippen molar-refractivity contribution >= 4 is 5.69 Å². The summed E-state index contributed by atoms with van der Waals surface area (Å²) in [6, 6.07) is 6.32. The van der Waals surface area contributed by atoms with Gasteiger partial charge in [0.1, 0.15) is 0 Å². The standard InChI is InChI=1S/C14H22N2O/c1-11-5-3-6-12(9-15)14(11)16(2)10-13-7-4-8-17-13/h3,5-6,13H,4,7-10,15H2,1-2H3. The topological polar surface area (TPSA) is 38.5 Å². The van der Waals surface area contributed by atoms with Crippen molar-refractivity contribution in [3.05, 3.63) is 29.3 Å². The maximum absolute atomic E-state index is 5.81. The minimum Gasteiger partial charge on any atom is -0.376 e. The molecule has 2 rings (SSSR count). The summed E-state index contributed by atoms with van der Waals surface area (Å²) in [6.07, 6.45) is 2.75. The van der Waals surface area contributed by atoms with E-state index < -0.39 is 0 Å². The number of para-hydroxylation sites is 1. The Kier molecular flexibility index (Phi) is 4.02. The van der Waals surface area contributed by atoms with Gasteiger partial charge in [0.15, 0.2) is 0 Å². The number of rotatable bonds is 4. The number of hydrogen-bond donors (Lipinski definition) is 1. The highest BCUT2D eigenvalue weighted by atomic mass is 16.5. The quantitative estimate of drug-likeness (QED) is 0.866. The van der Waals surface area contributed by atoms with Gasteiger partial charge in [0.2, 0.25) is 0 Å². The van der Waals surface area contributed by atoms with E-state index in [9.17, 15) is 0 Å². The second-order valence-corrected chi connectivity index (χ2v) is 4.80. The first-order valence-corrected chi connectivity index (χ1v) is 6.33. The number of aryl methyl sites for hydroxylation is 1. The minimum atomic E-state index is 0.380. The van der Waals surface area contributed by atoms with Crippen LogP contribution in [0.3, 0.4) is 0 Å². The van der Waals surface area contributed by atoms with Crippen LogP contribution in [0.25, 0.3) is 0 Å². The molecule has 1 unspecified atom stereocenters. The molecule has 0 aromatic heterocycles. The molecule has 3 nitrogen and oxygen atoms in total. The van der Waals surface area contributed by atoms with Crippen molar-refractivity contribution in [2.24, 2.45) is 5.73 Å². The molecule has 2 N–H and O–H groups in total. The van der Waals surface area contributed by atoms with Crippen LogP contribution in [0.15, 0.2) is 18.2 Å².